The predicted octanol–water partition coefficient (Wildman–Crippen LogP) is 8.23. The molecule has 12 nitrogen and oxygen atoms in total. The second-order valence-electron chi connectivity index (χ2n) is 16.3. The summed E-state index contributed by atoms with van der Waals surface area (Å²) >= 11 is 0. The maximum absolute atomic E-state index is 14.8. The quantitative estimate of drug-likeness (QED) is 0.0280. The van der Waals surface area contributed by atoms with E-state index in [-0.39, 0.29) is 30.6 Å². The Labute approximate surface area is 376 Å². The van der Waals surface area contributed by atoms with E-state index in [9.17, 15) is 27.2 Å². The van der Waals surface area contributed by atoms with E-state index in [2.05, 4.69) is 48.1 Å². The maximum atomic E-state index is 14.8. The van der Waals surface area contributed by atoms with E-state index in [0.717, 1.165) is 58.7 Å². The molecule has 2 amide bonds. The Morgan fingerprint density at radius 1 is 0.985 bits per heavy atom. The van der Waals surface area contributed by atoms with Gasteiger partial charge in [0, 0.05) is 66.8 Å². The Kier molecular flexibility index (Phi) is 15.5. The van der Waals surface area contributed by atoms with E-state index in [1.807, 2.05) is 60.6 Å². The Bertz CT molecular complexity index is 2580. The summed E-state index contributed by atoms with van der Waals surface area (Å²) < 4.78 is 62.8. The lowest BCUT2D eigenvalue weighted by molar-refractivity contribution is -0.140. The Hall–Kier alpha value is -6.73. The minimum Gasteiger partial charge on any atom is -0.495 e. The molecule has 6 N–H and O–H groups in total. The summed E-state index contributed by atoms with van der Waals surface area (Å²) in [4.78, 5) is 38.5. The van der Waals surface area contributed by atoms with Crippen LogP contribution < -0.4 is 26.0 Å². The number of likely N-dealkylation sites (tertiary alicyclic amines) is 1. The molecule has 3 aromatic heterocycles. The van der Waals surface area contributed by atoms with E-state index < -0.39 is 24.9 Å². The number of ether oxygens (including phenoxy) is 1. The van der Waals surface area contributed by atoms with Crippen LogP contribution in [-0.2, 0) is 17.8 Å². The number of carbonyl (C=O) groups is 2. The van der Waals surface area contributed by atoms with Gasteiger partial charge in [0.25, 0.3) is 5.91 Å². The molecule has 2 aromatic carbocycles. The van der Waals surface area contributed by atoms with Crippen LogP contribution in [0.15, 0.2) is 95.8 Å². The number of benzene rings is 2. The molecule has 1 fully saturated rings. The largest absolute Gasteiger partial charge is 0.495 e. The summed E-state index contributed by atoms with van der Waals surface area (Å²) in [5, 5.41) is 12.8. The fourth-order valence-corrected chi connectivity index (χ4v) is 7.95. The molecule has 2 atom stereocenters. The van der Waals surface area contributed by atoms with E-state index in [4.69, 9.17) is 4.74 Å². The molecule has 65 heavy (non-hydrogen) atoms. The molecule has 0 aliphatic carbocycles. The second kappa shape index (κ2) is 21.8. The highest BCUT2D eigenvalue weighted by Crippen LogP contribution is 2.32. The zero-order valence-corrected chi connectivity index (χ0v) is 36.6. The average molecular weight is 894 g/mol. The number of hydrogen-bond acceptors (Lipinski definition) is 7. The van der Waals surface area contributed by atoms with Gasteiger partial charge in [-0.3, -0.25) is 9.59 Å². The van der Waals surface area contributed by atoms with Crippen LogP contribution in [-0.4, -0.2) is 102 Å². The molecule has 2 aliphatic rings. The van der Waals surface area contributed by atoms with Crippen LogP contribution in [0.3, 0.4) is 0 Å². The van der Waals surface area contributed by atoms with Crippen molar-refractivity contribution in [3.8, 4) is 17.6 Å². The second-order valence-corrected chi connectivity index (χ2v) is 16.3. The fourth-order valence-electron chi connectivity index (χ4n) is 7.95. The van der Waals surface area contributed by atoms with Gasteiger partial charge >= 0.3 is 6.18 Å². The van der Waals surface area contributed by atoms with Crippen molar-refractivity contribution in [2.24, 2.45) is 4.99 Å². The van der Waals surface area contributed by atoms with Crippen molar-refractivity contribution in [2.75, 3.05) is 57.5 Å². The van der Waals surface area contributed by atoms with Crippen molar-refractivity contribution in [1.29, 1.82) is 0 Å². The summed E-state index contributed by atoms with van der Waals surface area (Å²) in [6.07, 6.45) is 7.17. The van der Waals surface area contributed by atoms with Crippen molar-refractivity contribution >= 4 is 45.9 Å². The molecular weight excluding hydrogens is 839 g/mol. The number of allylic oxidation sites excluding steroid dienone is 2. The molecule has 7 rings (SSSR count). The van der Waals surface area contributed by atoms with Crippen LogP contribution in [0, 0.1) is 11.8 Å². The number of piperidine rings is 1. The van der Waals surface area contributed by atoms with Crippen molar-refractivity contribution in [3.63, 3.8) is 0 Å². The van der Waals surface area contributed by atoms with Crippen LogP contribution in [0.1, 0.15) is 71.7 Å². The van der Waals surface area contributed by atoms with Crippen LogP contribution in [0.2, 0.25) is 0 Å². The summed E-state index contributed by atoms with van der Waals surface area (Å²) in [6, 6.07) is 19.0. The minimum absolute atomic E-state index is 0.00418. The number of methoxy groups -OCH3 is 1. The summed E-state index contributed by atoms with van der Waals surface area (Å²) in [6.45, 7) is 0.941. The monoisotopic (exact) mass is 893 g/mol. The number of aliphatic imine (C=N–C) groups is 1. The number of aromatic nitrogens is 3. The predicted molar refractivity (Wildman–Crippen MR) is 248 cm³/mol. The number of amides is 2. The van der Waals surface area contributed by atoms with Crippen LogP contribution in [0.5, 0.6) is 5.75 Å². The molecule has 0 saturated carbocycles. The number of H-pyrrole nitrogens is 2. The number of alkyl halides is 4. The highest BCUT2D eigenvalue weighted by atomic mass is 19.4. The Morgan fingerprint density at radius 3 is 2.58 bits per heavy atom. The van der Waals surface area contributed by atoms with Gasteiger partial charge in [0.1, 0.15) is 18.5 Å². The van der Waals surface area contributed by atoms with Crippen molar-refractivity contribution in [3.05, 3.63) is 119 Å². The van der Waals surface area contributed by atoms with E-state index in [1.54, 1.807) is 42.5 Å². The normalized spacial score (nSPS) is 16.9. The highest BCUT2D eigenvalue weighted by Gasteiger charge is 2.31. The molecule has 5 heterocycles. The van der Waals surface area contributed by atoms with Crippen molar-refractivity contribution < 1.29 is 31.9 Å². The number of nitrogens with one attached hydrogen (secondary N) is 6. The van der Waals surface area contributed by atoms with Crippen molar-refractivity contribution in [1.82, 2.24) is 30.1 Å². The molecule has 0 bridgehead atoms. The van der Waals surface area contributed by atoms with Gasteiger partial charge in [-0.15, -0.1) is 0 Å². The van der Waals surface area contributed by atoms with Crippen molar-refractivity contribution in [2.45, 2.75) is 69.9 Å². The third kappa shape index (κ3) is 12.9. The number of hydrogen-bond donors (Lipinski definition) is 6. The number of anilines is 2. The van der Waals surface area contributed by atoms with Gasteiger partial charge < -0.3 is 45.4 Å². The first-order valence-electron chi connectivity index (χ1n) is 22.0. The zero-order chi connectivity index (χ0) is 45.8. The van der Waals surface area contributed by atoms with Crippen LogP contribution in [0.25, 0.3) is 17.0 Å². The molecule has 342 valence electrons. The molecule has 1 saturated heterocycles. The third-order valence-electron chi connectivity index (χ3n) is 11.4. The molecule has 16 heteroatoms. The first kappa shape index (κ1) is 46.3. The SMILES string of the molecule is COc1cc(C(=O)NCCCCCCNC(=O)CCc2ccc(/C=C3/C=CC(c4ccc[nH]4)=N3)[nH]2)ccc1NCC#Cc1cc2c(N[C@@H]3CCN(C)C[C@@H]3F)cccc2n1CC(F)(F)F. The molecule has 0 spiro atoms. The number of halogens is 4. The van der Waals surface area contributed by atoms with E-state index >= 15 is 0 Å². The van der Waals surface area contributed by atoms with Gasteiger partial charge in [0.2, 0.25) is 5.91 Å². The topological polar surface area (TPSA) is 144 Å². The number of aryl methyl sites for hydroxylation is 1. The van der Waals surface area contributed by atoms with Gasteiger partial charge in [-0.05, 0) is 118 Å². The maximum Gasteiger partial charge on any atom is 0.406 e. The minimum atomic E-state index is -4.49. The smallest absolute Gasteiger partial charge is 0.406 e. The number of unbranched alkanes of at least 4 members (excludes halogenated alkanes) is 3. The lowest BCUT2D eigenvalue weighted by Gasteiger charge is -2.33. The molecule has 2 aliphatic heterocycles. The highest BCUT2D eigenvalue weighted by molar-refractivity contribution is 6.10. The number of nitrogens with zero attached hydrogens (tertiary/aromatic N) is 3. The first-order valence-corrected chi connectivity index (χ1v) is 22.0. The Morgan fingerprint density at radius 2 is 1.82 bits per heavy atom. The fraction of sp³-hybridized carbons (Fsp3) is 0.367. The number of aromatic amines is 2. The standard InChI is InChI=1S/C49H55F4N9O3/c1-61-27-22-41(39(50)31-61)60-40-11-7-13-45-38(40)30-37(62(45)32-49(51,52)53)10-8-25-55-44-19-14-33(28-46(44)65-2)48(64)57-24-6-4-3-5-23-56-47(63)21-18-34-15-16-35(58-34)29-36-17-20-43(59-36)42-12-9-26-54-42/h7,9,11-17,19-20,26,28-30,39,41,54-55,58,60H,3-6,18,21-25,27,31-32H2,1-2H3,(H,56,63)(H,57,64)/b36-29-/t39-,41+/m0/s1. The van der Waals surface area contributed by atoms with Gasteiger partial charge in [0.15, 0.2) is 0 Å². The van der Waals surface area contributed by atoms with Crippen LogP contribution in [0.4, 0.5) is 28.9 Å². The summed E-state index contributed by atoms with van der Waals surface area (Å²) in [5.41, 5.74) is 6.70. The summed E-state index contributed by atoms with van der Waals surface area (Å²) in [7, 11) is 3.34. The zero-order valence-electron chi connectivity index (χ0n) is 36.6. The van der Waals surface area contributed by atoms with Gasteiger partial charge in [-0.25, -0.2) is 9.38 Å². The van der Waals surface area contributed by atoms with Gasteiger partial charge in [0.05, 0.1) is 53.7 Å². The molecule has 0 unspecified atom stereocenters. The van der Waals surface area contributed by atoms with Gasteiger partial charge in [-0.1, -0.05) is 24.8 Å². The first-order chi connectivity index (χ1) is 31.4. The lowest BCUT2D eigenvalue weighted by Crippen LogP contribution is -2.46. The van der Waals surface area contributed by atoms with Crippen LogP contribution >= 0.6 is 0 Å². The molecule has 0 radical (unpaired) electrons. The van der Waals surface area contributed by atoms with E-state index in [1.165, 1.54) is 7.11 Å². The Balaban J connectivity index is 0.808. The lowest BCUT2D eigenvalue weighted by atomic mass is 10.0. The average Bonchev–Trinajstić information content (AvgIpc) is 4.12. The third-order valence-corrected chi connectivity index (χ3v) is 11.4. The number of fused-ring (bicyclic) bond motifs is 1. The number of rotatable bonds is 19. The number of carbonyl (C=O) groups excluding carboxylic acids is 2. The molecular formula is C49H55F4N9O3. The summed E-state index contributed by atoms with van der Waals surface area (Å²) in [5.74, 6) is 5.98. The van der Waals surface area contributed by atoms with E-state index in [0.29, 0.717) is 72.5 Å². The van der Waals surface area contributed by atoms with Gasteiger partial charge in [-0.2, -0.15) is 13.2 Å². The molecule has 5 aromatic rings.